The molecule has 0 atom stereocenters. The Bertz CT molecular complexity index is 2700. The Morgan fingerprint density at radius 2 is 1.33 bits per heavy atom. The summed E-state index contributed by atoms with van der Waals surface area (Å²) in [6, 6.07) is 25.9. The highest BCUT2D eigenvalue weighted by atomic mass is 32.2. The fraction of sp³-hybridized carbons (Fsp3) is 0. The number of hydrogen-bond acceptors (Lipinski definition) is 15. The maximum atomic E-state index is 13.6. The predicted octanol–water partition coefficient (Wildman–Crippen LogP) is 6.66. The molecule has 1 aliphatic rings. The van der Waals surface area contributed by atoms with Gasteiger partial charge in [0.15, 0.2) is 5.71 Å². The number of fused-ring (bicyclic) bond motifs is 1. The number of ketones is 1. The number of Topliss-reactive ketones (excluding diaryl/α,β-unsaturated/α-hetero) is 1. The summed E-state index contributed by atoms with van der Waals surface area (Å²) in [7, 11) is -10.2. The van der Waals surface area contributed by atoms with E-state index < -0.39 is 64.4 Å². The summed E-state index contributed by atoms with van der Waals surface area (Å²) in [5.74, 6) is -1.59. The van der Waals surface area contributed by atoms with Gasteiger partial charge in [0.2, 0.25) is 5.78 Å². The molecule has 0 saturated carbocycles. The average Bonchev–Trinajstić information content (AvgIpc) is 3.14. The zero-order chi connectivity index (χ0) is 39.5. The van der Waals surface area contributed by atoms with E-state index in [1.54, 1.807) is 72.8 Å². The third kappa shape index (κ3) is 8.58. The van der Waals surface area contributed by atoms with Crippen molar-refractivity contribution < 1.29 is 35.5 Å². The summed E-state index contributed by atoms with van der Waals surface area (Å²) < 4.78 is 69.3. The molecular formula is C35H28N10O8S2. The molecular weight excluding hydrogens is 753 g/mol. The highest BCUT2D eigenvalue weighted by molar-refractivity contribution is 7.91. The summed E-state index contributed by atoms with van der Waals surface area (Å²) in [4.78, 5) is 24.7. The van der Waals surface area contributed by atoms with Gasteiger partial charge >= 0.3 is 0 Å². The van der Waals surface area contributed by atoms with Crippen molar-refractivity contribution in [2.45, 2.75) is 4.90 Å². The number of nitrogen functional groups attached to an aromatic ring is 3. The van der Waals surface area contributed by atoms with Gasteiger partial charge in [-0.05, 0) is 96.6 Å². The lowest BCUT2D eigenvalue weighted by molar-refractivity contribution is 0.102. The number of allylic oxidation sites excluding steroid dienone is 1. The summed E-state index contributed by atoms with van der Waals surface area (Å²) in [5.41, 5.74) is 20.6. The third-order valence-corrected chi connectivity index (χ3v) is 9.50. The number of nitrogens with one attached hydrogen (secondary N) is 2. The minimum absolute atomic E-state index is 0.112. The van der Waals surface area contributed by atoms with E-state index in [9.17, 15) is 35.5 Å². The molecule has 0 radical (unpaired) electrons. The number of hydrazone groups is 1. The zero-order valence-electron chi connectivity index (χ0n) is 28.0. The van der Waals surface area contributed by atoms with Gasteiger partial charge in [0.1, 0.15) is 21.2 Å². The molecule has 5 aromatic carbocycles. The molecule has 0 fully saturated rings. The van der Waals surface area contributed by atoms with Crippen molar-refractivity contribution in [1.82, 2.24) is 0 Å². The Morgan fingerprint density at radius 1 is 0.691 bits per heavy atom. The number of rotatable bonds is 10. The first-order valence-electron chi connectivity index (χ1n) is 15.7. The molecule has 0 heterocycles. The molecule has 5 aromatic rings. The van der Waals surface area contributed by atoms with Crippen LogP contribution in [-0.2, 0) is 20.2 Å². The van der Waals surface area contributed by atoms with Gasteiger partial charge in [-0.3, -0.25) is 24.1 Å². The van der Waals surface area contributed by atoms with Crippen molar-refractivity contribution in [3.63, 3.8) is 0 Å². The number of benzene rings is 5. The van der Waals surface area contributed by atoms with E-state index >= 15 is 0 Å². The van der Waals surface area contributed by atoms with Crippen molar-refractivity contribution in [3.05, 3.63) is 125 Å². The highest BCUT2D eigenvalue weighted by Crippen LogP contribution is 2.41. The number of azo groups is 2. The van der Waals surface area contributed by atoms with E-state index in [-0.39, 0.29) is 16.8 Å². The topological polar surface area (TPSA) is 307 Å². The van der Waals surface area contributed by atoms with Gasteiger partial charge < -0.3 is 22.5 Å². The molecule has 20 heteroatoms. The second kappa shape index (κ2) is 15.1. The van der Waals surface area contributed by atoms with Gasteiger partial charge in [0.05, 0.1) is 34.0 Å². The Kier molecular flexibility index (Phi) is 10.3. The van der Waals surface area contributed by atoms with Gasteiger partial charge in [0.25, 0.3) is 26.1 Å². The number of amides is 1. The molecule has 1 aliphatic carbocycles. The largest absolute Gasteiger partial charge is 0.399 e. The SMILES string of the molecule is Nc1ccc(N=Nc2ccc(NC(=O)c3ccc(N=Nc4c(S(=O)(=O)O)cc5c(c4N)C(=O)C(=NNc4ccccc4)C(S(=O)(=O)O)=C5)cc3)cc2)c(N)c1. The van der Waals surface area contributed by atoms with Crippen molar-refractivity contribution in [2.75, 3.05) is 27.9 Å². The first kappa shape index (κ1) is 37.6. The molecule has 6 rings (SSSR count). The number of carbonyl (C=O) groups is 2. The number of para-hydroxylation sites is 1. The van der Waals surface area contributed by atoms with Gasteiger partial charge in [-0.15, -0.1) is 10.2 Å². The van der Waals surface area contributed by atoms with E-state index in [0.717, 1.165) is 12.1 Å². The second-order valence-corrected chi connectivity index (χ2v) is 14.4. The number of nitrogens with zero attached hydrogens (tertiary/aromatic N) is 5. The van der Waals surface area contributed by atoms with Gasteiger partial charge in [-0.25, -0.2) is 0 Å². The quantitative estimate of drug-likeness (QED) is 0.0339. The van der Waals surface area contributed by atoms with E-state index in [1.165, 1.54) is 24.3 Å². The summed E-state index contributed by atoms with van der Waals surface area (Å²) in [6.45, 7) is 0. The van der Waals surface area contributed by atoms with Crippen LogP contribution < -0.4 is 27.9 Å². The molecule has 0 spiro atoms. The van der Waals surface area contributed by atoms with E-state index in [4.69, 9.17) is 17.2 Å². The van der Waals surface area contributed by atoms with Gasteiger partial charge in [0, 0.05) is 16.9 Å². The van der Waals surface area contributed by atoms with Gasteiger partial charge in [-0.2, -0.15) is 32.2 Å². The van der Waals surface area contributed by atoms with E-state index in [2.05, 4.69) is 36.3 Å². The fourth-order valence-electron chi connectivity index (χ4n) is 5.11. The second-order valence-electron chi connectivity index (χ2n) is 11.6. The van der Waals surface area contributed by atoms with Crippen LogP contribution in [0.25, 0.3) is 6.08 Å². The average molecular weight is 781 g/mol. The molecule has 0 saturated heterocycles. The van der Waals surface area contributed by atoms with E-state index in [0.29, 0.717) is 34.1 Å². The Hall–Kier alpha value is -7.13. The van der Waals surface area contributed by atoms with Crippen molar-refractivity contribution in [3.8, 4) is 0 Å². The maximum absolute atomic E-state index is 13.6. The van der Waals surface area contributed by atoms with Crippen LogP contribution in [0.2, 0.25) is 0 Å². The molecule has 1 amide bonds. The number of carbonyl (C=O) groups excluding carboxylic acids is 2. The first-order chi connectivity index (χ1) is 26.1. The Balaban J connectivity index is 1.23. The van der Waals surface area contributed by atoms with Crippen LogP contribution in [0, 0.1) is 0 Å². The molecule has 55 heavy (non-hydrogen) atoms. The standard InChI is InChI=1S/C35H28N10O8S2/c36-21-8-15-27(26(37)18-21)43-40-25-13-11-22(12-14-25)39-35(47)19-6-9-24(10-7-19)42-44-32-28(54(48,49)50)16-20-17-29(55(51,52)53)33(34(46)30(20)31(32)38)45-41-23-4-2-1-3-5-23/h1-18,41H,36-38H2,(H,39,47)(H,48,49,50)(H,51,52,53). The number of nitrogens with two attached hydrogens (primary N) is 3. The van der Waals surface area contributed by atoms with Gasteiger partial charge in [-0.1, -0.05) is 18.2 Å². The summed E-state index contributed by atoms with van der Waals surface area (Å²) in [5, 5.41) is 22.7. The summed E-state index contributed by atoms with van der Waals surface area (Å²) in [6.07, 6.45) is 0.784. The van der Waals surface area contributed by atoms with E-state index in [1.807, 2.05) is 0 Å². The van der Waals surface area contributed by atoms with Crippen LogP contribution >= 0.6 is 0 Å². The lowest BCUT2D eigenvalue weighted by Crippen LogP contribution is -2.28. The molecule has 0 aliphatic heterocycles. The highest BCUT2D eigenvalue weighted by Gasteiger charge is 2.37. The van der Waals surface area contributed by atoms with Crippen LogP contribution in [0.3, 0.4) is 0 Å². The third-order valence-electron chi connectivity index (χ3n) is 7.77. The van der Waals surface area contributed by atoms with Crippen LogP contribution in [0.15, 0.2) is 138 Å². The molecule has 0 aromatic heterocycles. The lowest BCUT2D eigenvalue weighted by atomic mass is 9.92. The van der Waals surface area contributed by atoms with Crippen molar-refractivity contribution in [1.29, 1.82) is 0 Å². The van der Waals surface area contributed by atoms with Crippen molar-refractivity contribution in [2.24, 2.45) is 25.6 Å². The van der Waals surface area contributed by atoms with Crippen LogP contribution in [-0.4, -0.2) is 43.3 Å². The minimum Gasteiger partial charge on any atom is -0.399 e. The smallest absolute Gasteiger partial charge is 0.296 e. The molecule has 18 nitrogen and oxygen atoms in total. The first-order valence-corrected chi connectivity index (χ1v) is 18.5. The van der Waals surface area contributed by atoms with Crippen LogP contribution in [0.4, 0.5) is 51.2 Å². The van der Waals surface area contributed by atoms with Crippen LogP contribution in [0.1, 0.15) is 26.3 Å². The normalized spacial score (nSPS) is 13.9. The molecule has 0 bridgehead atoms. The molecule has 10 N–H and O–H groups in total. The number of anilines is 5. The molecule has 0 unspecified atom stereocenters. The van der Waals surface area contributed by atoms with Crippen molar-refractivity contribution >= 4 is 94.9 Å². The molecule has 278 valence electrons. The number of hydrogen-bond donors (Lipinski definition) is 7. The monoisotopic (exact) mass is 780 g/mol. The maximum Gasteiger partial charge on any atom is 0.296 e. The lowest BCUT2D eigenvalue weighted by Gasteiger charge is -2.20. The Morgan fingerprint density at radius 3 is 1.95 bits per heavy atom. The summed E-state index contributed by atoms with van der Waals surface area (Å²) >= 11 is 0. The zero-order valence-corrected chi connectivity index (χ0v) is 29.7. The fourth-order valence-corrected chi connectivity index (χ4v) is 6.44. The predicted molar refractivity (Wildman–Crippen MR) is 206 cm³/mol. The minimum atomic E-state index is -5.10. The van der Waals surface area contributed by atoms with Crippen LogP contribution in [0.5, 0.6) is 0 Å². The Labute approximate surface area is 312 Å².